The molecule has 1 rings (SSSR count). The number of aliphatic carboxylic acids is 1. The Labute approximate surface area is 85.8 Å². The van der Waals surface area contributed by atoms with Crippen molar-refractivity contribution in [1.82, 2.24) is 4.98 Å². The highest BCUT2D eigenvalue weighted by molar-refractivity contribution is 5.69. The van der Waals surface area contributed by atoms with Gasteiger partial charge in [-0.1, -0.05) is 0 Å². The lowest BCUT2D eigenvalue weighted by Crippen LogP contribution is -2.09. The number of aldehydes is 1. The number of halogens is 1. The summed E-state index contributed by atoms with van der Waals surface area (Å²) in [5.41, 5.74) is 0.222. The van der Waals surface area contributed by atoms with Crippen LogP contribution in [-0.4, -0.2) is 22.3 Å². The molecule has 1 aromatic rings. The van der Waals surface area contributed by atoms with Gasteiger partial charge in [-0.3, -0.25) is 9.78 Å². The van der Waals surface area contributed by atoms with Crippen molar-refractivity contribution in [3.05, 3.63) is 29.8 Å². The zero-order valence-corrected chi connectivity index (χ0v) is 7.89. The molecule has 80 valence electrons. The van der Waals surface area contributed by atoms with E-state index in [-0.39, 0.29) is 18.4 Å². The van der Waals surface area contributed by atoms with E-state index >= 15 is 0 Å². The fraction of sp³-hybridized carbons (Fsp3) is 0.300. The fourth-order valence-corrected chi connectivity index (χ4v) is 1.36. The van der Waals surface area contributed by atoms with Gasteiger partial charge in [0.2, 0.25) is 0 Å². The molecule has 0 radical (unpaired) electrons. The molecule has 0 amide bonds. The number of rotatable bonds is 5. The molecule has 0 aliphatic rings. The number of aromatic nitrogens is 1. The Hall–Kier alpha value is -1.78. The van der Waals surface area contributed by atoms with E-state index in [0.717, 1.165) is 6.20 Å². The molecule has 0 bridgehead atoms. The number of hydrogen-bond donors (Lipinski definition) is 1. The van der Waals surface area contributed by atoms with Gasteiger partial charge in [0.1, 0.15) is 12.1 Å². The van der Waals surface area contributed by atoms with Crippen LogP contribution in [0, 0.1) is 5.82 Å². The third-order valence-corrected chi connectivity index (χ3v) is 2.05. The molecule has 15 heavy (non-hydrogen) atoms. The van der Waals surface area contributed by atoms with Crippen LogP contribution in [0.1, 0.15) is 24.3 Å². The maximum Gasteiger partial charge on any atom is 0.303 e. The Balaban J connectivity index is 2.92. The van der Waals surface area contributed by atoms with Gasteiger partial charge in [-0.25, -0.2) is 4.39 Å². The smallest absolute Gasteiger partial charge is 0.303 e. The van der Waals surface area contributed by atoms with E-state index in [9.17, 15) is 14.0 Å². The summed E-state index contributed by atoms with van der Waals surface area (Å²) < 4.78 is 13.2. The topological polar surface area (TPSA) is 67.3 Å². The number of carbonyl (C=O) groups is 2. The molecule has 1 N–H and O–H groups in total. The normalized spacial score (nSPS) is 12.1. The number of carbonyl (C=O) groups excluding carboxylic acids is 1. The summed E-state index contributed by atoms with van der Waals surface area (Å²) in [5, 5.41) is 8.61. The van der Waals surface area contributed by atoms with Gasteiger partial charge in [-0.15, -0.1) is 0 Å². The molecule has 0 spiro atoms. The molecule has 1 unspecified atom stereocenters. The zero-order valence-electron chi connectivity index (χ0n) is 7.89. The van der Waals surface area contributed by atoms with Crippen molar-refractivity contribution in [3.63, 3.8) is 0 Å². The van der Waals surface area contributed by atoms with Crippen LogP contribution in [0.3, 0.4) is 0 Å². The third kappa shape index (κ3) is 3.12. The molecule has 1 atom stereocenters. The van der Waals surface area contributed by atoms with E-state index in [1.807, 2.05) is 0 Å². The first-order chi connectivity index (χ1) is 7.15. The lowest BCUT2D eigenvalue weighted by atomic mass is 9.93. The molecular weight excluding hydrogens is 201 g/mol. The molecule has 1 heterocycles. The predicted molar refractivity (Wildman–Crippen MR) is 49.9 cm³/mol. The highest BCUT2D eigenvalue weighted by Gasteiger charge is 2.18. The highest BCUT2D eigenvalue weighted by atomic mass is 19.1. The summed E-state index contributed by atoms with van der Waals surface area (Å²) in [6, 6.07) is 1.40. The van der Waals surface area contributed by atoms with Crippen LogP contribution in [0.5, 0.6) is 0 Å². The first-order valence-electron chi connectivity index (χ1n) is 4.40. The molecule has 0 aliphatic heterocycles. The van der Waals surface area contributed by atoms with Crippen molar-refractivity contribution < 1.29 is 19.1 Å². The Kier molecular flexibility index (Phi) is 3.91. The van der Waals surface area contributed by atoms with E-state index in [4.69, 9.17) is 5.11 Å². The van der Waals surface area contributed by atoms with Gasteiger partial charge in [-0.2, -0.15) is 0 Å². The SMILES string of the molecule is O=CCC(CC(=O)O)c1ccncc1F. The average Bonchev–Trinajstić information content (AvgIpc) is 2.17. The van der Waals surface area contributed by atoms with Gasteiger partial charge < -0.3 is 9.90 Å². The van der Waals surface area contributed by atoms with Gasteiger partial charge in [0.05, 0.1) is 12.6 Å². The second-order valence-electron chi connectivity index (χ2n) is 3.09. The van der Waals surface area contributed by atoms with Crippen LogP contribution < -0.4 is 0 Å². The minimum atomic E-state index is -1.06. The molecule has 1 aromatic heterocycles. The lowest BCUT2D eigenvalue weighted by molar-refractivity contribution is -0.137. The van der Waals surface area contributed by atoms with Crippen molar-refractivity contribution in [2.45, 2.75) is 18.8 Å². The standard InChI is InChI=1S/C10H10FNO3/c11-9-6-12-3-1-8(9)7(2-4-13)5-10(14)15/h1,3-4,6-7H,2,5H2,(H,14,15). The lowest BCUT2D eigenvalue weighted by Gasteiger charge is -2.12. The molecular formula is C10H10FNO3. The minimum Gasteiger partial charge on any atom is -0.481 e. The van der Waals surface area contributed by atoms with Crippen LogP contribution in [0.4, 0.5) is 4.39 Å². The van der Waals surface area contributed by atoms with Crippen LogP contribution in [0.2, 0.25) is 0 Å². The number of pyridine rings is 1. The van der Waals surface area contributed by atoms with Crippen LogP contribution in [0.25, 0.3) is 0 Å². The zero-order chi connectivity index (χ0) is 11.3. The Morgan fingerprint density at radius 3 is 2.93 bits per heavy atom. The summed E-state index contributed by atoms with van der Waals surface area (Å²) >= 11 is 0. The number of carboxylic acid groups (broad SMARTS) is 1. The highest BCUT2D eigenvalue weighted by Crippen LogP contribution is 2.24. The van der Waals surface area contributed by atoms with Crippen molar-refractivity contribution in [2.24, 2.45) is 0 Å². The number of hydrogen-bond acceptors (Lipinski definition) is 3. The monoisotopic (exact) mass is 211 g/mol. The maximum atomic E-state index is 13.2. The molecule has 0 saturated carbocycles. The van der Waals surface area contributed by atoms with E-state index in [1.54, 1.807) is 0 Å². The predicted octanol–water partition coefficient (Wildman–Crippen LogP) is 1.37. The largest absolute Gasteiger partial charge is 0.481 e. The van der Waals surface area contributed by atoms with Crippen LogP contribution in [-0.2, 0) is 9.59 Å². The Morgan fingerprint density at radius 2 is 2.40 bits per heavy atom. The van der Waals surface area contributed by atoms with E-state index in [1.165, 1.54) is 12.3 Å². The van der Waals surface area contributed by atoms with E-state index in [0.29, 0.717) is 6.29 Å². The second-order valence-corrected chi connectivity index (χ2v) is 3.09. The molecule has 0 aromatic carbocycles. The van der Waals surface area contributed by atoms with Crippen molar-refractivity contribution in [2.75, 3.05) is 0 Å². The number of nitrogens with zero attached hydrogens (tertiary/aromatic N) is 1. The summed E-state index contributed by atoms with van der Waals surface area (Å²) in [7, 11) is 0. The van der Waals surface area contributed by atoms with E-state index < -0.39 is 17.7 Å². The molecule has 4 nitrogen and oxygen atoms in total. The first-order valence-corrected chi connectivity index (χ1v) is 4.40. The third-order valence-electron chi connectivity index (χ3n) is 2.05. The summed E-state index contributed by atoms with van der Waals surface area (Å²) in [4.78, 5) is 24.4. The van der Waals surface area contributed by atoms with Crippen molar-refractivity contribution >= 4 is 12.3 Å². The summed E-state index contributed by atoms with van der Waals surface area (Å²) in [6.45, 7) is 0. The molecule has 0 aliphatic carbocycles. The number of carboxylic acids is 1. The molecule has 0 fully saturated rings. The van der Waals surface area contributed by atoms with Gasteiger partial charge in [0.25, 0.3) is 0 Å². The van der Waals surface area contributed by atoms with Crippen LogP contribution >= 0.6 is 0 Å². The molecule has 0 saturated heterocycles. The average molecular weight is 211 g/mol. The summed E-state index contributed by atoms with van der Waals surface area (Å²) in [6.07, 6.45) is 2.70. The summed E-state index contributed by atoms with van der Waals surface area (Å²) in [5.74, 6) is -2.26. The fourth-order valence-electron chi connectivity index (χ4n) is 1.36. The maximum absolute atomic E-state index is 13.2. The Morgan fingerprint density at radius 1 is 1.67 bits per heavy atom. The molecule has 5 heteroatoms. The van der Waals surface area contributed by atoms with Gasteiger partial charge in [-0.05, 0) is 11.6 Å². The Bertz CT molecular complexity index is 367. The first kappa shape index (κ1) is 11.3. The second kappa shape index (κ2) is 5.19. The van der Waals surface area contributed by atoms with Gasteiger partial charge in [0.15, 0.2) is 0 Å². The quantitative estimate of drug-likeness (QED) is 0.747. The van der Waals surface area contributed by atoms with Crippen LogP contribution in [0.15, 0.2) is 18.5 Å². The van der Waals surface area contributed by atoms with Gasteiger partial charge >= 0.3 is 5.97 Å². The van der Waals surface area contributed by atoms with Crippen molar-refractivity contribution in [3.8, 4) is 0 Å². The van der Waals surface area contributed by atoms with E-state index in [2.05, 4.69) is 4.98 Å². The van der Waals surface area contributed by atoms with Gasteiger partial charge in [0, 0.05) is 18.5 Å². The van der Waals surface area contributed by atoms with Crippen molar-refractivity contribution in [1.29, 1.82) is 0 Å². The minimum absolute atomic E-state index is 0.00671.